The van der Waals surface area contributed by atoms with Crippen LogP contribution in [0.1, 0.15) is 47.0 Å². The Morgan fingerprint density at radius 3 is 2.52 bits per heavy atom. The van der Waals surface area contributed by atoms with Gasteiger partial charge in [-0.05, 0) is 40.5 Å². The fourth-order valence-electron chi connectivity index (χ4n) is 2.62. The van der Waals surface area contributed by atoms with Crippen molar-refractivity contribution < 1.29 is 27.9 Å². The molecule has 25 heavy (non-hydrogen) atoms. The summed E-state index contributed by atoms with van der Waals surface area (Å²) in [4.78, 5) is 23.8. The number of piperidine rings is 1. The Balaban J connectivity index is 2.63. The molecule has 2 N–H and O–H groups in total. The minimum Gasteiger partial charge on any atom is -0.480 e. The smallest absolute Gasteiger partial charge is 0.326 e. The Hall–Kier alpha value is -1.19. The number of amides is 1. The van der Waals surface area contributed by atoms with Crippen molar-refractivity contribution >= 4 is 21.9 Å². The standard InChI is InChI=1S/C16H30N2O6S/c1-5-25(22,23)18-9-6-7-12(11-18)14(19)17-13(15(20)21)8-10-24-16(2,3)4/h12-13H,5-11H2,1-4H3,(H,17,19)(H,20,21). The van der Waals surface area contributed by atoms with Crippen LogP contribution in [0, 0.1) is 5.92 Å². The van der Waals surface area contributed by atoms with E-state index in [0.29, 0.717) is 19.4 Å². The molecule has 0 aromatic rings. The quantitative estimate of drug-likeness (QED) is 0.647. The second-order valence-corrected chi connectivity index (χ2v) is 9.50. The lowest BCUT2D eigenvalue weighted by molar-refractivity contribution is -0.143. The van der Waals surface area contributed by atoms with E-state index in [2.05, 4.69) is 5.32 Å². The van der Waals surface area contributed by atoms with Gasteiger partial charge in [-0.2, -0.15) is 0 Å². The first-order chi connectivity index (χ1) is 11.5. The molecule has 2 unspecified atom stereocenters. The highest BCUT2D eigenvalue weighted by Gasteiger charge is 2.33. The van der Waals surface area contributed by atoms with Crippen molar-refractivity contribution in [3.8, 4) is 0 Å². The van der Waals surface area contributed by atoms with E-state index in [1.807, 2.05) is 20.8 Å². The second-order valence-electron chi connectivity index (χ2n) is 7.25. The minimum atomic E-state index is -3.35. The van der Waals surface area contributed by atoms with Gasteiger partial charge in [0.1, 0.15) is 6.04 Å². The molecule has 1 heterocycles. The number of sulfonamides is 1. The van der Waals surface area contributed by atoms with E-state index >= 15 is 0 Å². The molecule has 146 valence electrons. The van der Waals surface area contributed by atoms with E-state index in [0.717, 1.165) is 0 Å². The van der Waals surface area contributed by atoms with Gasteiger partial charge in [-0.1, -0.05) is 0 Å². The van der Waals surface area contributed by atoms with Crippen molar-refractivity contribution in [3.63, 3.8) is 0 Å². The molecule has 1 fully saturated rings. The van der Waals surface area contributed by atoms with Crippen LogP contribution in [0.25, 0.3) is 0 Å². The van der Waals surface area contributed by atoms with Crippen LogP contribution in [-0.4, -0.2) is 66.8 Å². The van der Waals surface area contributed by atoms with Gasteiger partial charge < -0.3 is 15.2 Å². The molecule has 8 nitrogen and oxygen atoms in total. The first-order valence-electron chi connectivity index (χ1n) is 8.61. The molecule has 0 aromatic carbocycles. The van der Waals surface area contributed by atoms with Gasteiger partial charge >= 0.3 is 5.97 Å². The molecule has 0 aromatic heterocycles. The van der Waals surface area contributed by atoms with E-state index in [4.69, 9.17) is 4.74 Å². The molecule has 0 bridgehead atoms. The molecule has 0 radical (unpaired) electrons. The Bertz CT molecular complexity index is 570. The number of carbonyl (C=O) groups is 2. The Morgan fingerprint density at radius 2 is 2.00 bits per heavy atom. The number of nitrogens with one attached hydrogen (secondary N) is 1. The van der Waals surface area contributed by atoms with Crippen LogP contribution >= 0.6 is 0 Å². The Labute approximate surface area is 150 Å². The lowest BCUT2D eigenvalue weighted by Crippen LogP contribution is -2.50. The number of ether oxygens (including phenoxy) is 1. The van der Waals surface area contributed by atoms with E-state index < -0.39 is 33.9 Å². The largest absolute Gasteiger partial charge is 0.480 e. The maximum Gasteiger partial charge on any atom is 0.326 e. The summed E-state index contributed by atoms with van der Waals surface area (Å²) in [7, 11) is -3.35. The number of carboxylic acids is 1. The Kier molecular flexibility index (Phi) is 7.83. The molecule has 1 saturated heterocycles. The molecular weight excluding hydrogens is 348 g/mol. The zero-order valence-corrected chi connectivity index (χ0v) is 16.3. The fourth-order valence-corrected chi connectivity index (χ4v) is 3.80. The number of rotatable bonds is 8. The molecule has 1 rings (SSSR count). The summed E-state index contributed by atoms with van der Waals surface area (Å²) in [5.74, 6) is -2.08. The van der Waals surface area contributed by atoms with E-state index in [1.165, 1.54) is 4.31 Å². The molecule has 1 amide bonds. The minimum absolute atomic E-state index is 0.0107. The first-order valence-corrected chi connectivity index (χ1v) is 10.2. The van der Waals surface area contributed by atoms with Gasteiger partial charge in [-0.15, -0.1) is 0 Å². The maximum absolute atomic E-state index is 12.4. The molecular formula is C16H30N2O6S. The average Bonchev–Trinajstić information content (AvgIpc) is 2.52. The van der Waals surface area contributed by atoms with Crippen molar-refractivity contribution in [2.45, 2.75) is 58.6 Å². The number of nitrogens with zero attached hydrogens (tertiary/aromatic N) is 1. The summed E-state index contributed by atoms with van der Waals surface area (Å²) >= 11 is 0. The lowest BCUT2D eigenvalue weighted by atomic mass is 9.98. The third kappa shape index (κ3) is 7.29. The summed E-state index contributed by atoms with van der Waals surface area (Å²) in [6.45, 7) is 7.88. The summed E-state index contributed by atoms with van der Waals surface area (Å²) in [5.41, 5.74) is -0.383. The third-order valence-electron chi connectivity index (χ3n) is 4.07. The van der Waals surface area contributed by atoms with Crippen LogP contribution in [0.3, 0.4) is 0 Å². The molecule has 1 aliphatic heterocycles. The number of carbonyl (C=O) groups excluding carboxylic acids is 1. The van der Waals surface area contributed by atoms with Gasteiger partial charge in [0.05, 0.1) is 17.3 Å². The van der Waals surface area contributed by atoms with Crippen LogP contribution in [0.4, 0.5) is 0 Å². The van der Waals surface area contributed by atoms with Gasteiger partial charge in [0.2, 0.25) is 15.9 Å². The van der Waals surface area contributed by atoms with Crippen molar-refractivity contribution in [2.75, 3.05) is 25.4 Å². The van der Waals surface area contributed by atoms with Gasteiger partial charge in [-0.3, -0.25) is 4.79 Å². The van der Waals surface area contributed by atoms with Crippen LogP contribution in [0.15, 0.2) is 0 Å². The monoisotopic (exact) mass is 378 g/mol. The SMILES string of the molecule is CCS(=O)(=O)N1CCCC(C(=O)NC(CCOC(C)(C)C)C(=O)O)C1. The zero-order chi connectivity index (χ0) is 19.3. The lowest BCUT2D eigenvalue weighted by Gasteiger charge is -2.31. The number of aliphatic carboxylic acids is 1. The molecule has 2 atom stereocenters. The van der Waals surface area contributed by atoms with Gasteiger partial charge in [0.25, 0.3) is 0 Å². The fraction of sp³-hybridized carbons (Fsp3) is 0.875. The van der Waals surface area contributed by atoms with E-state index in [1.54, 1.807) is 6.92 Å². The van der Waals surface area contributed by atoms with E-state index in [-0.39, 0.29) is 30.9 Å². The van der Waals surface area contributed by atoms with E-state index in [9.17, 15) is 23.1 Å². The summed E-state index contributed by atoms with van der Waals surface area (Å²) in [6, 6.07) is -1.05. The predicted molar refractivity (Wildman–Crippen MR) is 93.6 cm³/mol. The summed E-state index contributed by atoms with van der Waals surface area (Å²) < 4.78 is 30.8. The van der Waals surface area contributed by atoms with Gasteiger partial charge in [-0.25, -0.2) is 17.5 Å². The molecule has 1 aliphatic rings. The topological polar surface area (TPSA) is 113 Å². The van der Waals surface area contributed by atoms with Crippen molar-refractivity contribution in [1.82, 2.24) is 9.62 Å². The van der Waals surface area contributed by atoms with Crippen molar-refractivity contribution in [1.29, 1.82) is 0 Å². The maximum atomic E-state index is 12.4. The highest BCUT2D eigenvalue weighted by atomic mass is 32.2. The normalized spacial score (nSPS) is 20.9. The summed E-state index contributed by atoms with van der Waals surface area (Å²) in [6.07, 6.45) is 1.29. The third-order valence-corrected chi connectivity index (χ3v) is 5.92. The van der Waals surface area contributed by atoms with Crippen molar-refractivity contribution in [2.24, 2.45) is 5.92 Å². The number of carboxylic acid groups (broad SMARTS) is 1. The molecule has 0 aliphatic carbocycles. The van der Waals surface area contributed by atoms with Crippen LogP contribution < -0.4 is 5.32 Å². The highest BCUT2D eigenvalue weighted by molar-refractivity contribution is 7.89. The second kappa shape index (κ2) is 8.95. The number of hydrogen-bond acceptors (Lipinski definition) is 5. The van der Waals surface area contributed by atoms with Crippen molar-refractivity contribution in [3.05, 3.63) is 0 Å². The van der Waals surface area contributed by atoms with Gasteiger partial charge in [0.15, 0.2) is 0 Å². The highest BCUT2D eigenvalue weighted by Crippen LogP contribution is 2.20. The predicted octanol–water partition coefficient (Wildman–Crippen LogP) is 0.823. The number of hydrogen-bond donors (Lipinski definition) is 2. The Morgan fingerprint density at radius 1 is 1.36 bits per heavy atom. The molecule has 9 heteroatoms. The average molecular weight is 378 g/mol. The van der Waals surface area contributed by atoms with Crippen LogP contribution in [0.2, 0.25) is 0 Å². The first kappa shape index (κ1) is 21.9. The van der Waals surface area contributed by atoms with Crippen LogP contribution in [0.5, 0.6) is 0 Å². The zero-order valence-electron chi connectivity index (χ0n) is 15.4. The molecule has 0 spiro atoms. The summed E-state index contributed by atoms with van der Waals surface area (Å²) in [5, 5.41) is 11.8. The molecule has 0 saturated carbocycles. The van der Waals surface area contributed by atoms with Crippen LogP contribution in [-0.2, 0) is 24.3 Å². The van der Waals surface area contributed by atoms with Gasteiger partial charge in [0, 0.05) is 26.1 Å².